The number of hydrogen-bond donors (Lipinski definition) is 2. The maximum atomic E-state index is 12.4. The van der Waals surface area contributed by atoms with Crippen LogP contribution in [0, 0.1) is 0 Å². The molecule has 1 aromatic heterocycles. The lowest BCUT2D eigenvalue weighted by molar-refractivity contribution is -0.114. The van der Waals surface area contributed by atoms with Crippen LogP contribution in [0.1, 0.15) is 17.4 Å². The minimum atomic E-state index is -0.449. The summed E-state index contributed by atoms with van der Waals surface area (Å²) in [6.45, 7) is 1.87. The predicted molar refractivity (Wildman–Crippen MR) is 109 cm³/mol. The summed E-state index contributed by atoms with van der Waals surface area (Å²) >= 11 is 0. The predicted octanol–water partition coefficient (Wildman–Crippen LogP) is 2.53. The Morgan fingerprint density at radius 3 is 2.24 bits per heavy atom. The van der Waals surface area contributed by atoms with E-state index in [2.05, 4.69) is 15.7 Å². The molecule has 2 N–H and O–H groups in total. The first kappa shape index (κ1) is 19.8. The molecule has 0 bridgehead atoms. The number of anilines is 2. The van der Waals surface area contributed by atoms with Crippen LogP contribution in [-0.2, 0) is 11.3 Å². The molecule has 2 amide bonds. The summed E-state index contributed by atoms with van der Waals surface area (Å²) in [6.07, 6.45) is 0. The lowest BCUT2D eigenvalue weighted by Crippen LogP contribution is -2.28. The van der Waals surface area contributed by atoms with Gasteiger partial charge in [0, 0.05) is 24.4 Å². The number of carbonyl (C=O) groups excluding carboxylic acids is 2. The topological polar surface area (TPSA) is 102 Å². The molecule has 0 fully saturated rings. The Balaban J connectivity index is 1.62. The Hall–Kier alpha value is -3.94. The third-order valence-electron chi connectivity index (χ3n) is 3.88. The summed E-state index contributed by atoms with van der Waals surface area (Å²) in [5.74, 6) is 0.0663. The van der Waals surface area contributed by atoms with Gasteiger partial charge in [-0.3, -0.25) is 14.4 Å². The van der Waals surface area contributed by atoms with Gasteiger partial charge in [0.25, 0.3) is 11.5 Å². The van der Waals surface area contributed by atoms with Crippen LogP contribution in [-0.4, -0.2) is 28.2 Å². The second-order valence-corrected chi connectivity index (χ2v) is 6.15. The Labute approximate surface area is 167 Å². The molecular weight excluding hydrogens is 372 g/mol. The molecule has 29 heavy (non-hydrogen) atoms. The molecule has 0 saturated heterocycles. The molecule has 3 rings (SSSR count). The molecule has 0 saturated carbocycles. The lowest BCUT2D eigenvalue weighted by Gasteiger charge is -2.09. The molecule has 2 aromatic carbocycles. The van der Waals surface area contributed by atoms with Gasteiger partial charge in [-0.05, 0) is 42.5 Å². The molecule has 0 aliphatic carbocycles. The standard InChI is InChI=1S/C21H20N4O4/c1-15(26)22-16-7-9-17(10-8-16)23-21(28)19-11-12-20(27)25(24-19)13-14-29-18-5-3-2-4-6-18/h2-12H,13-14H2,1H3,(H,22,26)(H,23,28). The largest absolute Gasteiger partial charge is 0.492 e. The molecular formula is C21H20N4O4. The third kappa shape index (κ3) is 5.77. The minimum absolute atomic E-state index is 0.107. The number of amides is 2. The first-order valence-electron chi connectivity index (χ1n) is 8.96. The second-order valence-electron chi connectivity index (χ2n) is 6.15. The number of hydrogen-bond acceptors (Lipinski definition) is 5. The summed E-state index contributed by atoms with van der Waals surface area (Å²) in [5, 5.41) is 9.47. The molecule has 0 aliphatic rings. The number of carbonyl (C=O) groups is 2. The minimum Gasteiger partial charge on any atom is -0.492 e. The van der Waals surface area contributed by atoms with Crippen molar-refractivity contribution in [3.8, 4) is 5.75 Å². The first-order chi connectivity index (χ1) is 14.0. The van der Waals surface area contributed by atoms with Gasteiger partial charge in [0.2, 0.25) is 5.91 Å². The molecule has 0 radical (unpaired) electrons. The van der Waals surface area contributed by atoms with E-state index in [1.165, 1.54) is 23.7 Å². The highest BCUT2D eigenvalue weighted by Gasteiger charge is 2.10. The maximum absolute atomic E-state index is 12.4. The van der Waals surface area contributed by atoms with E-state index >= 15 is 0 Å². The van der Waals surface area contributed by atoms with Gasteiger partial charge in [-0.25, -0.2) is 4.68 Å². The molecule has 0 aliphatic heterocycles. The van der Waals surface area contributed by atoms with Crippen LogP contribution < -0.4 is 20.9 Å². The smallest absolute Gasteiger partial charge is 0.276 e. The Bertz CT molecular complexity index is 1050. The molecule has 0 spiro atoms. The van der Waals surface area contributed by atoms with E-state index in [1.807, 2.05) is 30.3 Å². The van der Waals surface area contributed by atoms with Crippen molar-refractivity contribution in [2.24, 2.45) is 0 Å². The van der Waals surface area contributed by atoms with Gasteiger partial charge in [0.15, 0.2) is 0 Å². The summed E-state index contributed by atoms with van der Waals surface area (Å²) in [5.41, 5.74) is 0.949. The Morgan fingerprint density at radius 2 is 1.59 bits per heavy atom. The van der Waals surface area contributed by atoms with Crippen molar-refractivity contribution in [3.05, 3.63) is 82.8 Å². The molecule has 8 nitrogen and oxygen atoms in total. The van der Waals surface area contributed by atoms with Gasteiger partial charge in [0.1, 0.15) is 18.1 Å². The molecule has 148 valence electrons. The van der Waals surface area contributed by atoms with E-state index in [9.17, 15) is 14.4 Å². The van der Waals surface area contributed by atoms with Gasteiger partial charge in [0.05, 0.1) is 6.54 Å². The number of nitrogens with zero attached hydrogens (tertiary/aromatic N) is 2. The normalized spacial score (nSPS) is 10.2. The van der Waals surface area contributed by atoms with Gasteiger partial charge in [-0.1, -0.05) is 18.2 Å². The highest BCUT2D eigenvalue weighted by Crippen LogP contribution is 2.14. The summed E-state index contributed by atoms with van der Waals surface area (Å²) in [7, 11) is 0. The Morgan fingerprint density at radius 1 is 0.931 bits per heavy atom. The fourth-order valence-corrected chi connectivity index (χ4v) is 2.53. The van der Waals surface area contributed by atoms with Crippen LogP contribution in [0.25, 0.3) is 0 Å². The fraction of sp³-hybridized carbons (Fsp3) is 0.143. The SMILES string of the molecule is CC(=O)Nc1ccc(NC(=O)c2ccc(=O)n(CCOc3ccccc3)n2)cc1. The number of aromatic nitrogens is 2. The lowest BCUT2D eigenvalue weighted by atomic mass is 10.2. The highest BCUT2D eigenvalue weighted by atomic mass is 16.5. The maximum Gasteiger partial charge on any atom is 0.276 e. The fourth-order valence-electron chi connectivity index (χ4n) is 2.53. The van der Waals surface area contributed by atoms with Crippen molar-refractivity contribution in [2.45, 2.75) is 13.5 Å². The monoisotopic (exact) mass is 392 g/mol. The third-order valence-corrected chi connectivity index (χ3v) is 3.88. The van der Waals surface area contributed by atoms with Gasteiger partial charge >= 0.3 is 0 Å². The van der Waals surface area contributed by atoms with Crippen molar-refractivity contribution in [1.82, 2.24) is 9.78 Å². The molecule has 8 heteroatoms. The van der Waals surface area contributed by atoms with Crippen molar-refractivity contribution in [2.75, 3.05) is 17.2 Å². The van der Waals surface area contributed by atoms with E-state index in [0.29, 0.717) is 17.1 Å². The van der Waals surface area contributed by atoms with Crippen LogP contribution in [0.15, 0.2) is 71.5 Å². The number of para-hydroxylation sites is 1. The zero-order chi connectivity index (χ0) is 20.6. The summed E-state index contributed by atoms with van der Waals surface area (Å²) in [4.78, 5) is 35.5. The van der Waals surface area contributed by atoms with E-state index < -0.39 is 5.91 Å². The van der Waals surface area contributed by atoms with Crippen LogP contribution in [0.5, 0.6) is 5.75 Å². The van der Waals surface area contributed by atoms with Crippen molar-refractivity contribution in [3.63, 3.8) is 0 Å². The van der Waals surface area contributed by atoms with Crippen molar-refractivity contribution >= 4 is 23.2 Å². The van der Waals surface area contributed by atoms with Crippen molar-refractivity contribution < 1.29 is 14.3 Å². The number of benzene rings is 2. The number of ether oxygens (including phenoxy) is 1. The second kappa shape index (κ2) is 9.32. The quantitative estimate of drug-likeness (QED) is 0.643. The Kier molecular flexibility index (Phi) is 6.36. The van der Waals surface area contributed by atoms with Crippen LogP contribution in [0.4, 0.5) is 11.4 Å². The molecule has 0 unspecified atom stereocenters. The number of nitrogens with one attached hydrogen (secondary N) is 2. The first-order valence-corrected chi connectivity index (χ1v) is 8.96. The zero-order valence-corrected chi connectivity index (χ0v) is 15.8. The van der Waals surface area contributed by atoms with Crippen molar-refractivity contribution in [1.29, 1.82) is 0 Å². The van der Waals surface area contributed by atoms with Crippen LogP contribution in [0.2, 0.25) is 0 Å². The van der Waals surface area contributed by atoms with Gasteiger partial charge in [-0.2, -0.15) is 5.10 Å². The molecule has 3 aromatic rings. The van der Waals surface area contributed by atoms with Crippen LogP contribution >= 0.6 is 0 Å². The van der Waals surface area contributed by atoms with Crippen LogP contribution in [0.3, 0.4) is 0 Å². The number of rotatable bonds is 7. The van der Waals surface area contributed by atoms with E-state index in [0.717, 1.165) is 0 Å². The van der Waals surface area contributed by atoms with E-state index in [-0.39, 0.29) is 30.3 Å². The average Bonchev–Trinajstić information content (AvgIpc) is 2.71. The van der Waals surface area contributed by atoms with Gasteiger partial charge < -0.3 is 15.4 Å². The average molecular weight is 392 g/mol. The molecule has 0 atom stereocenters. The highest BCUT2D eigenvalue weighted by molar-refractivity contribution is 6.02. The zero-order valence-electron chi connectivity index (χ0n) is 15.8. The summed E-state index contributed by atoms with van der Waals surface area (Å²) in [6, 6.07) is 18.6. The molecule has 1 heterocycles. The van der Waals surface area contributed by atoms with Gasteiger partial charge in [-0.15, -0.1) is 0 Å². The van der Waals surface area contributed by atoms with E-state index in [4.69, 9.17) is 4.74 Å². The van der Waals surface area contributed by atoms with E-state index in [1.54, 1.807) is 24.3 Å². The summed E-state index contributed by atoms with van der Waals surface area (Å²) < 4.78 is 6.76.